The van der Waals surface area contributed by atoms with Gasteiger partial charge in [-0.1, -0.05) is 26.8 Å². The fourth-order valence-electron chi connectivity index (χ4n) is 2.04. The van der Waals surface area contributed by atoms with E-state index in [1.54, 1.807) is 0 Å². The van der Waals surface area contributed by atoms with Crippen LogP contribution in [0.3, 0.4) is 0 Å². The Balaban J connectivity index is 3.02. The van der Waals surface area contributed by atoms with Crippen LogP contribution in [0.25, 0.3) is 0 Å². The summed E-state index contributed by atoms with van der Waals surface area (Å²) in [5.41, 5.74) is 3.38. The van der Waals surface area contributed by atoms with Gasteiger partial charge in [0.15, 0.2) is 0 Å². The quantitative estimate of drug-likeness (QED) is 0.811. The monoisotopic (exact) mass is 264 g/mol. The summed E-state index contributed by atoms with van der Waals surface area (Å²) in [6, 6.07) is 4.15. The average molecular weight is 264 g/mol. The first-order valence-electron chi connectivity index (χ1n) is 6.93. The Bertz CT molecular complexity index is 436. The van der Waals surface area contributed by atoms with Crippen LogP contribution in [-0.2, 0) is 11.2 Å². The summed E-state index contributed by atoms with van der Waals surface area (Å²) in [5, 5.41) is 8.79. The van der Waals surface area contributed by atoms with E-state index in [1.807, 2.05) is 13.0 Å². The Labute approximate surface area is 115 Å². The van der Waals surface area contributed by atoms with Crippen molar-refractivity contribution in [1.82, 2.24) is 0 Å². The normalized spacial score (nSPS) is 10.8. The molecule has 0 heterocycles. The molecule has 0 amide bonds. The third-order valence-electron chi connectivity index (χ3n) is 3.16. The second-order valence-corrected chi connectivity index (χ2v) is 5.21. The number of hydrogen-bond donors (Lipinski definition) is 1. The van der Waals surface area contributed by atoms with E-state index in [9.17, 15) is 4.79 Å². The molecule has 1 aromatic carbocycles. The van der Waals surface area contributed by atoms with Crippen molar-refractivity contribution in [3.05, 3.63) is 28.8 Å². The molecule has 0 saturated heterocycles. The molecule has 0 fully saturated rings. The van der Waals surface area contributed by atoms with Crippen molar-refractivity contribution in [2.24, 2.45) is 0 Å². The molecule has 0 spiro atoms. The van der Waals surface area contributed by atoms with Crippen LogP contribution in [0.2, 0.25) is 0 Å². The minimum absolute atomic E-state index is 0.174. The van der Waals surface area contributed by atoms with Crippen molar-refractivity contribution in [2.75, 3.05) is 6.61 Å². The van der Waals surface area contributed by atoms with Gasteiger partial charge in [-0.05, 0) is 48.4 Å². The summed E-state index contributed by atoms with van der Waals surface area (Å²) in [5.74, 6) is 0.557. The lowest BCUT2D eigenvalue weighted by Gasteiger charge is -2.17. The van der Waals surface area contributed by atoms with Crippen molar-refractivity contribution in [1.29, 1.82) is 0 Å². The fourth-order valence-corrected chi connectivity index (χ4v) is 2.04. The molecule has 0 aliphatic rings. The average Bonchev–Trinajstić information content (AvgIpc) is 2.34. The number of carboxylic acid groups (broad SMARTS) is 1. The predicted octanol–water partition coefficient (Wildman–Crippen LogP) is 3.92. The topological polar surface area (TPSA) is 46.5 Å². The molecule has 1 aromatic rings. The van der Waals surface area contributed by atoms with E-state index in [-0.39, 0.29) is 6.42 Å². The molecule has 0 unspecified atom stereocenters. The SMILES string of the molecule is CCCOc1cc(C)c(CCC(=O)O)cc1C(C)C. The molecular weight excluding hydrogens is 240 g/mol. The standard InChI is InChI=1S/C16H24O3/c1-5-8-19-15-9-12(4)13(6-7-16(17)18)10-14(15)11(2)3/h9-11H,5-8H2,1-4H3,(H,17,18). The molecule has 0 aromatic heterocycles. The zero-order valence-electron chi connectivity index (χ0n) is 12.3. The summed E-state index contributed by atoms with van der Waals surface area (Å²) in [6.07, 6.45) is 1.74. The predicted molar refractivity (Wildman–Crippen MR) is 77.0 cm³/mol. The Morgan fingerprint density at radius 2 is 2.05 bits per heavy atom. The van der Waals surface area contributed by atoms with E-state index < -0.39 is 5.97 Å². The van der Waals surface area contributed by atoms with E-state index >= 15 is 0 Å². The molecule has 0 bridgehead atoms. The highest BCUT2D eigenvalue weighted by molar-refractivity contribution is 5.67. The molecular formula is C16H24O3. The number of hydrogen-bond acceptors (Lipinski definition) is 2. The second kappa shape index (κ2) is 7.17. The molecule has 0 aliphatic heterocycles. The Kier molecular flexibility index (Phi) is 5.87. The summed E-state index contributed by atoms with van der Waals surface area (Å²) in [4.78, 5) is 10.7. The van der Waals surface area contributed by atoms with E-state index in [0.717, 1.165) is 23.3 Å². The number of rotatable bonds is 7. The maximum absolute atomic E-state index is 10.7. The van der Waals surface area contributed by atoms with Gasteiger partial charge in [-0.25, -0.2) is 0 Å². The Hall–Kier alpha value is -1.51. The number of aliphatic carboxylic acids is 1. The Morgan fingerprint density at radius 1 is 1.37 bits per heavy atom. The summed E-state index contributed by atoms with van der Waals surface area (Å²) >= 11 is 0. The second-order valence-electron chi connectivity index (χ2n) is 5.21. The first-order valence-corrected chi connectivity index (χ1v) is 6.93. The lowest BCUT2D eigenvalue weighted by atomic mass is 9.94. The molecule has 19 heavy (non-hydrogen) atoms. The maximum atomic E-state index is 10.7. The molecule has 0 saturated carbocycles. The lowest BCUT2D eigenvalue weighted by molar-refractivity contribution is -0.136. The summed E-state index contributed by atoms with van der Waals surface area (Å²) < 4.78 is 5.79. The number of carbonyl (C=O) groups is 1. The van der Waals surface area contributed by atoms with Gasteiger partial charge in [-0.2, -0.15) is 0 Å². The van der Waals surface area contributed by atoms with Crippen molar-refractivity contribution in [3.63, 3.8) is 0 Å². The zero-order chi connectivity index (χ0) is 14.4. The fraction of sp³-hybridized carbons (Fsp3) is 0.562. The number of benzene rings is 1. The Morgan fingerprint density at radius 3 is 2.58 bits per heavy atom. The van der Waals surface area contributed by atoms with Gasteiger partial charge in [-0.15, -0.1) is 0 Å². The van der Waals surface area contributed by atoms with Crippen LogP contribution in [-0.4, -0.2) is 17.7 Å². The van der Waals surface area contributed by atoms with Crippen LogP contribution in [0.1, 0.15) is 56.2 Å². The minimum atomic E-state index is -0.753. The van der Waals surface area contributed by atoms with Crippen molar-refractivity contribution < 1.29 is 14.6 Å². The lowest BCUT2D eigenvalue weighted by Crippen LogP contribution is -2.04. The number of ether oxygens (including phenoxy) is 1. The third-order valence-corrected chi connectivity index (χ3v) is 3.16. The molecule has 106 valence electrons. The van der Waals surface area contributed by atoms with Gasteiger partial charge in [0.1, 0.15) is 5.75 Å². The van der Waals surface area contributed by atoms with Gasteiger partial charge in [-0.3, -0.25) is 4.79 Å². The van der Waals surface area contributed by atoms with Crippen LogP contribution in [0.4, 0.5) is 0 Å². The third kappa shape index (κ3) is 4.58. The first kappa shape index (κ1) is 15.5. The van der Waals surface area contributed by atoms with Crippen LogP contribution < -0.4 is 4.74 Å². The molecule has 0 atom stereocenters. The van der Waals surface area contributed by atoms with E-state index in [4.69, 9.17) is 9.84 Å². The van der Waals surface area contributed by atoms with Crippen LogP contribution >= 0.6 is 0 Å². The molecule has 0 aliphatic carbocycles. The summed E-state index contributed by atoms with van der Waals surface area (Å²) in [7, 11) is 0. The zero-order valence-corrected chi connectivity index (χ0v) is 12.3. The van der Waals surface area contributed by atoms with Gasteiger partial charge in [0.05, 0.1) is 6.61 Å². The van der Waals surface area contributed by atoms with Crippen molar-refractivity contribution >= 4 is 5.97 Å². The van der Waals surface area contributed by atoms with Gasteiger partial charge >= 0.3 is 5.97 Å². The minimum Gasteiger partial charge on any atom is -0.493 e. The number of aryl methyl sites for hydroxylation is 2. The number of carboxylic acids is 1. The molecule has 1 rings (SSSR count). The highest BCUT2D eigenvalue weighted by Gasteiger charge is 2.12. The highest BCUT2D eigenvalue weighted by Crippen LogP contribution is 2.30. The largest absolute Gasteiger partial charge is 0.493 e. The highest BCUT2D eigenvalue weighted by atomic mass is 16.5. The van der Waals surface area contributed by atoms with Crippen molar-refractivity contribution in [2.45, 2.75) is 52.9 Å². The van der Waals surface area contributed by atoms with Gasteiger partial charge in [0, 0.05) is 6.42 Å². The van der Waals surface area contributed by atoms with Gasteiger partial charge in [0.2, 0.25) is 0 Å². The van der Waals surface area contributed by atoms with Gasteiger partial charge in [0.25, 0.3) is 0 Å². The van der Waals surface area contributed by atoms with E-state index in [2.05, 4.69) is 26.8 Å². The van der Waals surface area contributed by atoms with Gasteiger partial charge < -0.3 is 9.84 Å². The van der Waals surface area contributed by atoms with E-state index in [1.165, 1.54) is 5.56 Å². The van der Waals surface area contributed by atoms with E-state index in [0.29, 0.717) is 18.9 Å². The maximum Gasteiger partial charge on any atom is 0.303 e. The summed E-state index contributed by atoms with van der Waals surface area (Å²) in [6.45, 7) is 9.08. The first-order chi connectivity index (χ1) is 8.95. The van der Waals surface area contributed by atoms with Crippen LogP contribution in [0.15, 0.2) is 12.1 Å². The smallest absolute Gasteiger partial charge is 0.303 e. The van der Waals surface area contributed by atoms with Crippen LogP contribution in [0.5, 0.6) is 5.75 Å². The van der Waals surface area contributed by atoms with Crippen LogP contribution in [0, 0.1) is 6.92 Å². The van der Waals surface area contributed by atoms with Crippen molar-refractivity contribution in [3.8, 4) is 5.75 Å². The molecule has 0 radical (unpaired) electrons. The molecule has 3 nitrogen and oxygen atoms in total. The molecule has 3 heteroatoms. The molecule has 1 N–H and O–H groups in total.